The Bertz CT molecular complexity index is 782. The van der Waals surface area contributed by atoms with Gasteiger partial charge in [-0.05, 0) is 47.7 Å². The highest BCUT2D eigenvalue weighted by Crippen LogP contribution is 2.22. The van der Waals surface area contributed by atoms with Crippen LogP contribution in [0.5, 0.6) is 0 Å². The second-order valence-electron chi connectivity index (χ2n) is 6.48. The van der Waals surface area contributed by atoms with Gasteiger partial charge in [-0.2, -0.15) is 0 Å². The molecule has 0 saturated carbocycles. The number of unbranched alkanes of at least 4 members (excludes halogenated alkanes) is 1. The molecule has 0 spiro atoms. The van der Waals surface area contributed by atoms with Crippen LogP contribution in [0.25, 0.3) is 11.1 Å². The van der Waals surface area contributed by atoms with E-state index in [2.05, 4.69) is 18.8 Å². The molecule has 0 N–H and O–H groups in total. The van der Waals surface area contributed by atoms with Gasteiger partial charge in [0.15, 0.2) is 11.6 Å². The lowest BCUT2D eigenvalue weighted by Gasteiger charge is -2.26. The molecule has 1 aliphatic rings. The number of rotatable bonds is 4. The number of benzene rings is 2. The molecule has 26 heavy (non-hydrogen) atoms. The van der Waals surface area contributed by atoms with Gasteiger partial charge in [0.05, 0.1) is 13.2 Å². The van der Waals surface area contributed by atoms with Crippen LogP contribution >= 0.6 is 0 Å². The van der Waals surface area contributed by atoms with E-state index in [0.29, 0.717) is 24.7 Å². The molecule has 1 saturated heterocycles. The van der Waals surface area contributed by atoms with Crippen molar-refractivity contribution in [3.05, 3.63) is 59.7 Å². The first-order chi connectivity index (χ1) is 12.7. The molecule has 0 atom stereocenters. The Hall–Kier alpha value is -2.22. The zero-order chi connectivity index (χ0) is 18.4. The van der Waals surface area contributed by atoms with Crippen LogP contribution in [0, 0.1) is 29.4 Å². The Balaban J connectivity index is 1.58. The van der Waals surface area contributed by atoms with E-state index in [-0.39, 0.29) is 0 Å². The van der Waals surface area contributed by atoms with Gasteiger partial charge in [0, 0.05) is 11.5 Å². The highest BCUT2D eigenvalue weighted by atomic mass is 19.2. The zero-order valence-corrected chi connectivity index (χ0v) is 14.8. The second-order valence-corrected chi connectivity index (χ2v) is 6.48. The zero-order valence-electron chi connectivity index (χ0n) is 14.8. The first-order valence-corrected chi connectivity index (χ1v) is 8.96. The Morgan fingerprint density at radius 3 is 2.31 bits per heavy atom. The highest BCUT2D eigenvalue weighted by molar-refractivity contribution is 5.64. The van der Waals surface area contributed by atoms with E-state index in [9.17, 15) is 8.78 Å². The quantitative estimate of drug-likeness (QED) is 0.704. The van der Waals surface area contributed by atoms with Crippen molar-refractivity contribution < 1.29 is 18.3 Å². The fourth-order valence-electron chi connectivity index (χ4n) is 2.85. The lowest BCUT2D eigenvalue weighted by molar-refractivity contribution is -0.170. The molecule has 2 aromatic carbocycles. The molecule has 0 unspecified atom stereocenters. The van der Waals surface area contributed by atoms with Crippen molar-refractivity contribution in [3.8, 4) is 23.0 Å². The van der Waals surface area contributed by atoms with Crippen LogP contribution in [0.1, 0.15) is 31.7 Å². The van der Waals surface area contributed by atoms with Crippen molar-refractivity contribution in [2.45, 2.75) is 32.5 Å². The van der Waals surface area contributed by atoms with Crippen molar-refractivity contribution in [1.82, 2.24) is 0 Å². The highest BCUT2D eigenvalue weighted by Gasteiger charge is 2.20. The largest absolute Gasteiger partial charge is 0.342 e. The average molecular weight is 356 g/mol. The summed E-state index contributed by atoms with van der Waals surface area (Å²) in [7, 11) is 0. The predicted octanol–water partition coefficient (Wildman–Crippen LogP) is 5.16. The summed E-state index contributed by atoms with van der Waals surface area (Å²) in [6, 6.07) is 11.2. The molecule has 1 fully saturated rings. The number of ether oxygens (including phenoxy) is 2. The third kappa shape index (κ3) is 4.91. The van der Waals surface area contributed by atoms with E-state index in [0.717, 1.165) is 23.6 Å². The second kappa shape index (κ2) is 8.93. The smallest absolute Gasteiger partial charge is 0.222 e. The fraction of sp³-hybridized carbons (Fsp3) is 0.364. The van der Waals surface area contributed by atoms with Crippen molar-refractivity contribution in [1.29, 1.82) is 0 Å². The van der Waals surface area contributed by atoms with Crippen molar-refractivity contribution in [3.63, 3.8) is 0 Å². The molecule has 3 rings (SSSR count). The van der Waals surface area contributed by atoms with E-state index in [4.69, 9.17) is 9.47 Å². The van der Waals surface area contributed by atoms with Gasteiger partial charge < -0.3 is 9.47 Å². The molecular formula is C22H22F2O2. The van der Waals surface area contributed by atoms with E-state index in [1.807, 2.05) is 24.3 Å². The van der Waals surface area contributed by atoms with Gasteiger partial charge in [-0.15, -0.1) is 0 Å². The van der Waals surface area contributed by atoms with Gasteiger partial charge in [0.2, 0.25) is 6.29 Å². The van der Waals surface area contributed by atoms with Crippen LogP contribution in [-0.4, -0.2) is 19.5 Å². The maximum atomic E-state index is 13.3. The molecule has 0 aromatic heterocycles. The summed E-state index contributed by atoms with van der Waals surface area (Å²) in [6.07, 6.45) is 3.01. The number of hydrogen-bond donors (Lipinski definition) is 0. The first-order valence-electron chi connectivity index (χ1n) is 8.96. The fourth-order valence-corrected chi connectivity index (χ4v) is 2.85. The predicted molar refractivity (Wildman–Crippen MR) is 97.4 cm³/mol. The van der Waals surface area contributed by atoms with Gasteiger partial charge in [0.1, 0.15) is 0 Å². The topological polar surface area (TPSA) is 18.5 Å². The molecule has 0 aliphatic carbocycles. The van der Waals surface area contributed by atoms with Crippen LogP contribution in [0.4, 0.5) is 8.78 Å². The molecule has 2 nitrogen and oxygen atoms in total. The number of hydrogen-bond acceptors (Lipinski definition) is 2. The molecule has 0 bridgehead atoms. The minimum atomic E-state index is -0.852. The molecular weight excluding hydrogens is 334 g/mol. The molecule has 1 aliphatic heterocycles. The Morgan fingerprint density at radius 2 is 1.65 bits per heavy atom. The summed E-state index contributed by atoms with van der Waals surface area (Å²) < 4.78 is 37.7. The van der Waals surface area contributed by atoms with Crippen LogP contribution < -0.4 is 0 Å². The molecule has 4 heteroatoms. The Labute approximate surface area is 153 Å². The van der Waals surface area contributed by atoms with E-state index >= 15 is 0 Å². The van der Waals surface area contributed by atoms with Crippen LogP contribution in [-0.2, 0) is 9.47 Å². The molecule has 0 amide bonds. The van der Waals surface area contributed by atoms with Crippen LogP contribution in [0.2, 0.25) is 0 Å². The monoisotopic (exact) mass is 356 g/mol. The van der Waals surface area contributed by atoms with Gasteiger partial charge in [-0.1, -0.05) is 43.9 Å². The number of halogens is 2. The lowest BCUT2D eigenvalue weighted by Crippen LogP contribution is -2.31. The summed E-state index contributed by atoms with van der Waals surface area (Å²) in [6.45, 7) is 3.56. The van der Waals surface area contributed by atoms with Gasteiger partial charge >= 0.3 is 0 Å². The molecule has 136 valence electrons. The summed E-state index contributed by atoms with van der Waals surface area (Å²) in [5, 5.41) is 0. The first kappa shape index (κ1) is 18.6. The summed E-state index contributed by atoms with van der Waals surface area (Å²) in [5.41, 5.74) is 2.25. The van der Waals surface area contributed by atoms with Gasteiger partial charge in [-0.3, -0.25) is 0 Å². The summed E-state index contributed by atoms with van der Waals surface area (Å²) in [4.78, 5) is 0. The van der Waals surface area contributed by atoms with E-state index in [1.165, 1.54) is 18.9 Å². The third-order valence-corrected chi connectivity index (χ3v) is 4.40. The maximum absolute atomic E-state index is 13.3. The SMILES string of the molecule is CCCC[C@H]1CO[C@H](C#Cc2ccc(-c3ccc(F)c(F)c3)cc2)OC1. The Kier molecular flexibility index (Phi) is 6.38. The lowest BCUT2D eigenvalue weighted by atomic mass is 10.0. The van der Waals surface area contributed by atoms with E-state index < -0.39 is 17.9 Å². The standard InChI is InChI=1S/C22H22F2O2/c1-2-3-4-17-14-25-22(26-15-17)12-7-16-5-8-18(9-6-16)19-10-11-20(23)21(24)13-19/h5-6,8-11,13,17,22H,2-4,14-15H2,1H3/t17-,22-. The average Bonchev–Trinajstić information content (AvgIpc) is 2.68. The minimum absolute atomic E-state index is 0.461. The normalized spacial score (nSPS) is 19.7. The van der Waals surface area contributed by atoms with Crippen LogP contribution in [0.3, 0.4) is 0 Å². The maximum Gasteiger partial charge on any atom is 0.222 e. The Morgan fingerprint density at radius 1 is 0.962 bits per heavy atom. The summed E-state index contributed by atoms with van der Waals surface area (Å²) >= 11 is 0. The summed E-state index contributed by atoms with van der Waals surface area (Å²) in [5.74, 6) is 4.79. The van der Waals surface area contributed by atoms with Gasteiger partial charge in [0.25, 0.3) is 0 Å². The molecule has 2 aromatic rings. The van der Waals surface area contributed by atoms with E-state index in [1.54, 1.807) is 6.07 Å². The van der Waals surface area contributed by atoms with Crippen molar-refractivity contribution >= 4 is 0 Å². The minimum Gasteiger partial charge on any atom is -0.342 e. The van der Waals surface area contributed by atoms with Crippen LogP contribution in [0.15, 0.2) is 42.5 Å². The molecule has 1 heterocycles. The van der Waals surface area contributed by atoms with Crippen molar-refractivity contribution in [2.75, 3.05) is 13.2 Å². The molecule has 0 radical (unpaired) electrons. The third-order valence-electron chi connectivity index (χ3n) is 4.40. The van der Waals surface area contributed by atoms with Gasteiger partial charge in [-0.25, -0.2) is 8.78 Å². The van der Waals surface area contributed by atoms with Crippen molar-refractivity contribution in [2.24, 2.45) is 5.92 Å².